The fourth-order valence-corrected chi connectivity index (χ4v) is 3.94. The molecule has 1 saturated carbocycles. The third-order valence-electron chi connectivity index (χ3n) is 5.30. The van der Waals surface area contributed by atoms with Crippen LogP contribution in [0.25, 0.3) is 0 Å². The topological polar surface area (TPSA) is 71.1 Å². The first-order valence-corrected chi connectivity index (χ1v) is 10.6. The summed E-state index contributed by atoms with van der Waals surface area (Å²) in [5, 5.41) is 5.83. The Balaban J connectivity index is 1.98. The summed E-state index contributed by atoms with van der Waals surface area (Å²) in [4.78, 5) is 29.5. The van der Waals surface area contributed by atoms with E-state index in [1.807, 2.05) is 0 Å². The van der Waals surface area contributed by atoms with E-state index >= 15 is 0 Å². The molecule has 0 saturated heterocycles. The van der Waals surface area contributed by atoms with Crippen LogP contribution >= 0.6 is 11.6 Å². The highest BCUT2D eigenvalue weighted by Crippen LogP contribution is 2.36. The lowest BCUT2D eigenvalue weighted by Gasteiger charge is -2.27. The van der Waals surface area contributed by atoms with Crippen LogP contribution < -0.4 is 10.6 Å². The molecule has 1 aromatic heterocycles. The Kier molecular flexibility index (Phi) is 7.54. The smallest absolute Gasteiger partial charge is 0.369 e. The predicted octanol–water partition coefficient (Wildman–Crippen LogP) is 5.12. The van der Waals surface area contributed by atoms with Crippen molar-refractivity contribution in [3.05, 3.63) is 59.4 Å². The van der Waals surface area contributed by atoms with Gasteiger partial charge in [0.25, 0.3) is 0 Å². The first kappa shape index (κ1) is 23.1. The third kappa shape index (κ3) is 5.76. The SMILES string of the molecule is O=C(CCl)c1c(NC(C(=O)NC2CCCCC2)c2cccnc2)cccc1C(F)(F)F. The van der Waals surface area contributed by atoms with Crippen molar-refractivity contribution >= 4 is 29.0 Å². The van der Waals surface area contributed by atoms with Crippen LogP contribution in [-0.2, 0) is 11.0 Å². The Hall–Kier alpha value is -2.61. The maximum absolute atomic E-state index is 13.5. The maximum atomic E-state index is 13.5. The van der Waals surface area contributed by atoms with E-state index in [2.05, 4.69) is 15.6 Å². The Morgan fingerprint density at radius 1 is 1.13 bits per heavy atom. The average molecular weight is 454 g/mol. The van der Waals surface area contributed by atoms with E-state index in [0.29, 0.717) is 5.56 Å². The number of halogens is 4. The number of carbonyl (C=O) groups excluding carboxylic acids is 2. The fourth-order valence-electron chi connectivity index (χ4n) is 3.81. The largest absolute Gasteiger partial charge is 0.417 e. The minimum atomic E-state index is -4.75. The third-order valence-corrected chi connectivity index (χ3v) is 5.54. The lowest BCUT2D eigenvalue weighted by atomic mass is 9.95. The van der Waals surface area contributed by atoms with Crippen LogP contribution in [0.4, 0.5) is 18.9 Å². The molecule has 0 spiro atoms. The van der Waals surface area contributed by atoms with Gasteiger partial charge in [-0.25, -0.2) is 0 Å². The summed E-state index contributed by atoms with van der Waals surface area (Å²) in [5.74, 6) is -1.88. The van der Waals surface area contributed by atoms with Gasteiger partial charge >= 0.3 is 6.18 Å². The minimum absolute atomic E-state index is 0.00711. The number of carbonyl (C=O) groups is 2. The molecule has 1 heterocycles. The molecule has 3 rings (SSSR count). The van der Waals surface area contributed by atoms with Gasteiger partial charge in [-0.3, -0.25) is 14.6 Å². The van der Waals surface area contributed by atoms with E-state index in [9.17, 15) is 22.8 Å². The van der Waals surface area contributed by atoms with Crippen molar-refractivity contribution in [3.63, 3.8) is 0 Å². The summed E-state index contributed by atoms with van der Waals surface area (Å²) in [6.45, 7) is 0. The Morgan fingerprint density at radius 2 is 1.87 bits per heavy atom. The number of nitrogens with one attached hydrogen (secondary N) is 2. The van der Waals surface area contributed by atoms with Gasteiger partial charge in [-0.15, -0.1) is 11.6 Å². The second-order valence-electron chi connectivity index (χ2n) is 7.49. The molecule has 1 aromatic carbocycles. The molecule has 1 aliphatic carbocycles. The van der Waals surface area contributed by atoms with Gasteiger partial charge in [0.15, 0.2) is 5.78 Å². The fraction of sp³-hybridized carbons (Fsp3) is 0.409. The van der Waals surface area contributed by atoms with E-state index < -0.39 is 35.0 Å². The van der Waals surface area contributed by atoms with Gasteiger partial charge in [-0.2, -0.15) is 13.2 Å². The number of nitrogens with zero attached hydrogens (tertiary/aromatic N) is 1. The number of benzene rings is 1. The van der Waals surface area contributed by atoms with Crippen LogP contribution in [0.15, 0.2) is 42.7 Å². The van der Waals surface area contributed by atoms with Crippen LogP contribution in [-0.4, -0.2) is 28.6 Å². The summed E-state index contributed by atoms with van der Waals surface area (Å²) >= 11 is 5.59. The Labute approximate surface area is 183 Å². The normalized spacial score (nSPS) is 15.9. The van der Waals surface area contributed by atoms with Crippen molar-refractivity contribution in [2.75, 3.05) is 11.2 Å². The number of hydrogen-bond donors (Lipinski definition) is 2. The maximum Gasteiger partial charge on any atom is 0.417 e. The molecule has 0 bridgehead atoms. The zero-order chi connectivity index (χ0) is 22.4. The molecule has 2 aromatic rings. The van der Waals surface area contributed by atoms with Crippen molar-refractivity contribution in [1.29, 1.82) is 0 Å². The zero-order valence-electron chi connectivity index (χ0n) is 16.7. The second-order valence-corrected chi connectivity index (χ2v) is 7.76. The van der Waals surface area contributed by atoms with Gasteiger partial charge in [0.05, 0.1) is 17.0 Å². The highest BCUT2D eigenvalue weighted by Gasteiger charge is 2.37. The van der Waals surface area contributed by atoms with E-state index in [1.165, 1.54) is 24.5 Å². The van der Waals surface area contributed by atoms with E-state index in [4.69, 9.17) is 11.6 Å². The van der Waals surface area contributed by atoms with Gasteiger partial charge in [0.2, 0.25) is 5.91 Å². The summed E-state index contributed by atoms with van der Waals surface area (Å²) in [5.41, 5.74) is -1.31. The number of aromatic nitrogens is 1. The number of amides is 1. The number of Topliss-reactive ketones (excluding diaryl/α,β-unsaturated/α-hetero) is 1. The van der Waals surface area contributed by atoms with Crippen LogP contribution in [0.5, 0.6) is 0 Å². The van der Waals surface area contributed by atoms with Crippen LogP contribution in [0, 0.1) is 0 Å². The predicted molar refractivity (Wildman–Crippen MR) is 112 cm³/mol. The lowest BCUT2D eigenvalue weighted by Crippen LogP contribution is -2.41. The molecule has 0 radical (unpaired) electrons. The van der Waals surface area contributed by atoms with Crippen molar-refractivity contribution in [2.45, 2.75) is 50.4 Å². The quantitative estimate of drug-likeness (QED) is 0.450. The average Bonchev–Trinajstić information content (AvgIpc) is 2.77. The van der Waals surface area contributed by atoms with Gasteiger partial charge in [0.1, 0.15) is 6.04 Å². The van der Waals surface area contributed by atoms with Crippen molar-refractivity contribution in [3.8, 4) is 0 Å². The highest BCUT2D eigenvalue weighted by molar-refractivity contribution is 6.31. The molecule has 1 unspecified atom stereocenters. The zero-order valence-corrected chi connectivity index (χ0v) is 17.5. The van der Waals surface area contributed by atoms with Gasteiger partial charge in [-0.05, 0) is 31.0 Å². The molecule has 9 heteroatoms. The van der Waals surface area contributed by atoms with E-state index in [0.717, 1.165) is 38.2 Å². The van der Waals surface area contributed by atoms with Crippen LogP contribution in [0.1, 0.15) is 59.6 Å². The molecule has 1 fully saturated rings. The van der Waals surface area contributed by atoms with Gasteiger partial charge in [0, 0.05) is 29.7 Å². The molecule has 31 heavy (non-hydrogen) atoms. The monoisotopic (exact) mass is 453 g/mol. The molecular formula is C22H23ClF3N3O2. The molecule has 0 aliphatic heterocycles. The van der Waals surface area contributed by atoms with E-state index in [1.54, 1.807) is 12.1 Å². The summed E-state index contributed by atoms with van der Waals surface area (Å²) in [7, 11) is 0. The number of pyridine rings is 1. The Morgan fingerprint density at radius 3 is 2.48 bits per heavy atom. The summed E-state index contributed by atoms with van der Waals surface area (Å²) < 4.78 is 40.6. The van der Waals surface area contributed by atoms with Crippen LogP contribution in [0.3, 0.4) is 0 Å². The number of hydrogen-bond acceptors (Lipinski definition) is 4. The van der Waals surface area contributed by atoms with Crippen LogP contribution in [0.2, 0.25) is 0 Å². The standard InChI is InChI=1S/C22H23ClF3N3O2/c23-12-18(30)19-16(22(24,25)26)9-4-10-17(19)29-20(14-6-5-11-27-13-14)21(31)28-15-7-2-1-3-8-15/h4-6,9-11,13,15,20,29H,1-3,7-8,12H2,(H,28,31). The molecule has 1 amide bonds. The molecule has 5 nitrogen and oxygen atoms in total. The molecule has 1 aliphatic rings. The van der Waals surface area contributed by atoms with Crippen molar-refractivity contribution in [2.24, 2.45) is 0 Å². The minimum Gasteiger partial charge on any atom is -0.369 e. The molecule has 2 N–H and O–H groups in total. The molecule has 166 valence electrons. The second kappa shape index (κ2) is 10.1. The van der Waals surface area contributed by atoms with Crippen molar-refractivity contribution in [1.82, 2.24) is 10.3 Å². The Bertz CT molecular complexity index is 916. The number of rotatable bonds is 7. The summed E-state index contributed by atoms with van der Waals surface area (Å²) in [6.07, 6.45) is 3.10. The highest BCUT2D eigenvalue weighted by atomic mass is 35.5. The number of alkyl halides is 4. The number of anilines is 1. The molecular weight excluding hydrogens is 431 g/mol. The van der Waals surface area contributed by atoms with E-state index in [-0.39, 0.29) is 17.6 Å². The summed E-state index contributed by atoms with van der Waals surface area (Å²) in [6, 6.07) is 5.62. The first-order chi connectivity index (χ1) is 14.8. The lowest BCUT2D eigenvalue weighted by molar-refractivity contribution is -0.137. The first-order valence-electron chi connectivity index (χ1n) is 10.1. The molecule has 1 atom stereocenters. The number of ketones is 1. The van der Waals surface area contributed by atoms with Gasteiger partial charge < -0.3 is 10.6 Å². The van der Waals surface area contributed by atoms with Crippen molar-refractivity contribution < 1.29 is 22.8 Å². The van der Waals surface area contributed by atoms with Gasteiger partial charge in [-0.1, -0.05) is 31.4 Å².